The van der Waals surface area contributed by atoms with Crippen LogP contribution in [0.5, 0.6) is 0 Å². The molecule has 0 saturated heterocycles. The number of benzene rings is 2. The molecule has 0 bridgehead atoms. The molecule has 1 amide bonds. The van der Waals surface area contributed by atoms with Gasteiger partial charge in [0.05, 0.1) is 0 Å². The van der Waals surface area contributed by atoms with Crippen LogP contribution in [0.4, 0.5) is 5.69 Å². The van der Waals surface area contributed by atoms with Crippen LogP contribution in [0.1, 0.15) is 36.5 Å². The van der Waals surface area contributed by atoms with E-state index in [1.54, 1.807) is 6.08 Å². The Kier molecular flexibility index (Phi) is 4.94. The molecule has 0 unspecified atom stereocenters. The van der Waals surface area contributed by atoms with Crippen molar-refractivity contribution in [3.05, 3.63) is 71.3 Å². The normalized spacial score (nSPS) is 11.0. The summed E-state index contributed by atoms with van der Waals surface area (Å²) in [4.78, 5) is 11.9. The van der Waals surface area contributed by atoms with E-state index >= 15 is 0 Å². The summed E-state index contributed by atoms with van der Waals surface area (Å²) in [7, 11) is 0. The Bertz CT molecular complexity index is 639. The fourth-order valence-corrected chi connectivity index (χ4v) is 2.08. The zero-order chi connectivity index (χ0) is 15.2. The first-order valence-electron chi connectivity index (χ1n) is 7.20. The Morgan fingerprint density at radius 3 is 2.43 bits per heavy atom. The second kappa shape index (κ2) is 6.89. The van der Waals surface area contributed by atoms with Crippen molar-refractivity contribution in [2.45, 2.75) is 26.7 Å². The molecular formula is C19H21NO. The fourth-order valence-electron chi connectivity index (χ4n) is 2.08. The smallest absolute Gasteiger partial charge is 0.248 e. The third-order valence-electron chi connectivity index (χ3n) is 3.31. The largest absolute Gasteiger partial charge is 0.323 e. The van der Waals surface area contributed by atoms with Crippen molar-refractivity contribution in [1.29, 1.82) is 0 Å². The van der Waals surface area contributed by atoms with E-state index in [0.29, 0.717) is 5.92 Å². The summed E-state index contributed by atoms with van der Waals surface area (Å²) in [6.07, 6.45) is 3.38. The molecule has 2 rings (SSSR count). The predicted octanol–water partition coefficient (Wildman–Crippen LogP) is 4.77. The van der Waals surface area contributed by atoms with Crippen molar-refractivity contribution < 1.29 is 4.79 Å². The number of rotatable bonds is 4. The van der Waals surface area contributed by atoms with Crippen molar-refractivity contribution >= 4 is 17.7 Å². The molecule has 0 fully saturated rings. The van der Waals surface area contributed by atoms with E-state index < -0.39 is 0 Å². The Hall–Kier alpha value is -2.35. The molecule has 108 valence electrons. The molecule has 0 aliphatic heterocycles. The zero-order valence-electron chi connectivity index (χ0n) is 12.8. The first-order valence-corrected chi connectivity index (χ1v) is 7.20. The van der Waals surface area contributed by atoms with Crippen molar-refractivity contribution in [2.24, 2.45) is 0 Å². The maximum atomic E-state index is 11.9. The maximum Gasteiger partial charge on any atom is 0.248 e. The highest BCUT2D eigenvalue weighted by Gasteiger charge is 2.01. The van der Waals surface area contributed by atoms with Gasteiger partial charge in [-0.1, -0.05) is 55.8 Å². The van der Waals surface area contributed by atoms with E-state index in [9.17, 15) is 4.79 Å². The first-order chi connectivity index (χ1) is 10.0. The molecule has 0 atom stereocenters. The summed E-state index contributed by atoms with van der Waals surface area (Å²) in [5, 5.41) is 2.87. The van der Waals surface area contributed by atoms with Crippen LogP contribution in [0.15, 0.2) is 54.6 Å². The quantitative estimate of drug-likeness (QED) is 0.802. The van der Waals surface area contributed by atoms with Crippen LogP contribution >= 0.6 is 0 Å². The van der Waals surface area contributed by atoms with E-state index in [0.717, 1.165) is 11.3 Å². The molecule has 0 aliphatic carbocycles. The molecule has 1 N–H and O–H groups in total. The molecular weight excluding hydrogens is 258 g/mol. The van der Waals surface area contributed by atoms with E-state index in [-0.39, 0.29) is 5.91 Å². The summed E-state index contributed by atoms with van der Waals surface area (Å²) in [5.74, 6) is 0.379. The average molecular weight is 279 g/mol. The molecule has 2 heteroatoms. The topological polar surface area (TPSA) is 29.1 Å². The standard InChI is InChI=1S/C19H21NO/c1-14(2)17-8-10-18(11-9-17)20-19(21)12-7-16-6-4-5-15(3)13-16/h4-14H,1-3H3,(H,20,21)/b12-7+. The van der Waals surface area contributed by atoms with Crippen LogP contribution in [-0.4, -0.2) is 5.91 Å². The lowest BCUT2D eigenvalue weighted by molar-refractivity contribution is -0.111. The second-order valence-corrected chi connectivity index (χ2v) is 5.51. The van der Waals surface area contributed by atoms with Crippen LogP contribution < -0.4 is 5.32 Å². The summed E-state index contributed by atoms with van der Waals surface area (Å²) in [6, 6.07) is 16.0. The van der Waals surface area contributed by atoms with E-state index in [4.69, 9.17) is 0 Å². The summed E-state index contributed by atoms with van der Waals surface area (Å²) in [6.45, 7) is 6.34. The van der Waals surface area contributed by atoms with E-state index in [2.05, 4.69) is 19.2 Å². The number of carbonyl (C=O) groups is 1. The van der Waals surface area contributed by atoms with Crippen molar-refractivity contribution in [1.82, 2.24) is 0 Å². The van der Waals surface area contributed by atoms with Gasteiger partial charge in [-0.05, 0) is 42.2 Å². The molecule has 2 aromatic rings. The molecule has 21 heavy (non-hydrogen) atoms. The maximum absolute atomic E-state index is 11.9. The minimum absolute atomic E-state index is 0.117. The Labute approximate surface area is 126 Å². The number of hydrogen-bond donors (Lipinski definition) is 1. The molecule has 0 heterocycles. The minimum atomic E-state index is -0.117. The third kappa shape index (κ3) is 4.60. The fraction of sp³-hybridized carbons (Fsp3) is 0.211. The predicted molar refractivity (Wildman–Crippen MR) is 89.4 cm³/mol. The Balaban J connectivity index is 1.98. The van der Waals surface area contributed by atoms with Gasteiger partial charge in [-0.15, -0.1) is 0 Å². The molecule has 2 nitrogen and oxygen atoms in total. The zero-order valence-corrected chi connectivity index (χ0v) is 12.8. The number of carbonyl (C=O) groups excluding carboxylic acids is 1. The van der Waals surface area contributed by atoms with Crippen LogP contribution in [0.2, 0.25) is 0 Å². The molecule has 0 saturated carbocycles. The first kappa shape index (κ1) is 15.0. The van der Waals surface area contributed by atoms with Crippen LogP contribution in [0.3, 0.4) is 0 Å². The lowest BCUT2D eigenvalue weighted by atomic mass is 10.0. The van der Waals surface area contributed by atoms with Gasteiger partial charge in [0.1, 0.15) is 0 Å². The van der Waals surface area contributed by atoms with Crippen LogP contribution in [0, 0.1) is 6.92 Å². The van der Waals surface area contributed by atoms with Crippen molar-refractivity contribution in [3.8, 4) is 0 Å². The average Bonchev–Trinajstić information content (AvgIpc) is 2.46. The van der Waals surface area contributed by atoms with Gasteiger partial charge < -0.3 is 5.32 Å². The van der Waals surface area contributed by atoms with Gasteiger partial charge in [0.25, 0.3) is 0 Å². The number of aryl methyl sites for hydroxylation is 1. The van der Waals surface area contributed by atoms with Crippen LogP contribution in [-0.2, 0) is 4.79 Å². The SMILES string of the molecule is Cc1cccc(/C=C/C(=O)Nc2ccc(C(C)C)cc2)c1. The van der Waals surface area contributed by atoms with Gasteiger partial charge in [-0.3, -0.25) is 4.79 Å². The summed E-state index contributed by atoms with van der Waals surface area (Å²) < 4.78 is 0. The Morgan fingerprint density at radius 2 is 1.81 bits per heavy atom. The molecule has 0 aliphatic rings. The Morgan fingerprint density at radius 1 is 1.10 bits per heavy atom. The molecule has 0 spiro atoms. The lowest BCUT2D eigenvalue weighted by Gasteiger charge is -2.07. The highest BCUT2D eigenvalue weighted by atomic mass is 16.1. The van der Waals surface area contributed by atoms with Crippen LogP contribution in [0.25, 0.3) is 6.08 Å². The van der Waals surface area contributed by atoms with E-state index in [1.807, 2.05) is 61.5 Å². The van der Waals surface area contributed by atoms with E-state index in [1.165, 1.54) is 11.1 Å². The number of nitrogens with one attached hydrogen (secondary N) is 1. The van der Waals surface area contributed by atoms with Gasteiger partial charge in [0.2, 0.25) is 5.91 Å². The number of amides is 1. The number of hydrogen-bond acceptors (Lipinski definition) is 1. The lowest BCUT2D eigenvalue weighted by Crippen LogP contribution is -2.07. The van der Waals surface area contributed by atoms with Gasteiger partial charge in [-0.25, -0.2) is 0 Å². The molecule has 2 aromatic carbocycles. The van der Waals surface area contributed by atoms with Gasteiger partial charge in [-0.2, -0.15) is 0 Å². The summed E-state index contributed by atoms with van der Waals surface area (Å²) >= 11 is 0. The summed E-state index contributed by atoms with van der Waals surface area (Å²) in [5.41, 5.74) is 4.30. The molecule has 0 aromatic heterocycles. The van der Waals surface area contributed by atoms with Gasteiger partial charge in [0.15, 0.2) is 0 Å². The highest BCUT2D eigenvalue weighted by Crippen LogP contribution is 2.17. The molecule has 0 radical (unpaired) electrons. The second-order valence-electron chi connectivity index (χ2n) is 5.51. The highest BCUT2D eigenvalue weighted by molar-refractivity contribution is 6.01. The minimum Gasteiger partial charge on any atom is -0.323 e. The van der Waals surface area contributed by atoms with Crippen molar-refractivity contribution in [3.63, 3.8) is 0 Å². The van der Waals surface area contributed by atoms with Gasteiger partial charge >= 0.3 is 0 Å². The monoisotopic (exact) mass is 279 g/mol. The van der Waals surface area contributed by atoms with Gasteiger partial charge in [0, 0.05) is 11.8 Å². The third-order valence-corrected chi connectivity index (χ3v) is 3.31. The number of anilines is 1. The van der Waals surface area contributed by atoms with Crippen molar-refractivity contribution in [2.75, 3.05) is 5.32 Å².